The van der Waals surface area contributed by atoms with E-state index in [2.05, 4.69) is 19.2 Å². The summed E-state index contributed by atoms with van der Waals surface area (Å²) in [6.07, 6.45) is 25.3. The van der Waals surface area contributed by atoms with E-state index in [0.717, 1.165) is 38.5 Å². The summed E-state index contributed by atoms with van der Waals surface area (Å²) in [4.78, 5) is 12.9. The quantitative estimate of drug-likeness (QED) is 0.0376. The lowest BCUT2D eigenvalue weighted by molar-refractivity contribution is -0.302. The molecular weight excluding hydrogens is 622 g/mol. The third-order valence-corrected chi connectivity index (χ3v) is 10.2. The van der Waals surface area contributed by atoms with E-state index in [1.165, 1.54) is 128 Å². The van der Waals surface area contributed by atoms with Crippen LogP contribution in [0.4, 0.5) is 0 Å². The van der Waals surface area contributed by atoms with Crippen LogP contribution in [0.3, 0.4) is 0 Å². The standard InChI is InChI=1S/C40H79NO8/c1-3-5-7-9-11-13-15-17-18-20-22-24-26-28-30-36(44)41-33(32-48-40-39(47)38(46)37(45)35(31-42)49-40)34(43)29-27-25-23-21-19-16-14-12-10-8-6-4-2/h33-35,37-40,42-43,45-47H,3-32H2,1-2H3,(H,41,44). The lowest BCUT2D eigenvalue weighted by Crippen LogP contribution is -2.60. The Morgan fingerprint density at radius 3 is 1.45 bits per heavy atom. The number of nitrogens with one attached hydrogen (secondary N) is 1. The van der Waals surface area contributed by atoms with Crippen LogP contribution in [0.1, 0.15) is 194 Å². The Kier molecular flexibility index (Phi) is 30.1. The van der Waals surface area contributed by atoms with Gasteiger partial charge < -0.3 is 40.3 Å². The number of rotatable bonds is 34. The summed E-state index contributed by atoms with van der Waals surface area (Å²) < 4.78 is 11.2. The molecule has 292 valence electrons. The van der Waals surface area contributed by atoms with E-state index in [-0.39, 0.29) is 12.5 Å². The van der Waals surface area contributed by atoms with Crippen molar-refractivity contribution in [3.05, 3.63) is 0 Å². The molecule has 1 amide bonds. The molecule has 0 spiro atoms. The molecule has 0 aromatic heterocycles. The highest BCUT2D eigenvalue weighted by Gasteiger charge is 2.44. The Morgan fingerprint density at radius 2 is 1.02 bits per heavy atom. The lowest BCUT2D eigenvalue weighted by atomic mass is 9.99. The summed E-state index contributed by atoms with van der Waals surface area (Å²) in [6.45, 7) is 3.82. The van der Waals surface area contributed by atoms with Gasteiger partial charge in [0.25, 0.3) is 0 Å². The number of amides is 1. The second-order valence-electron chi connectivity index (χ2n) is 14.8. The van der Waals surface area contributed by atoms with Crippen molar-refractivity contribution in [3.8, 4) is 0 Å². The summed E-state index contributed by atoms with van der Waals surface area (Å²) in [5.41, 5.74) is 0. The highest BCUT2D eigenvalue weighted by Crippen LogP contribution is 2.23. The zero-order chi connectivity index (χ0) is 36.0. The molecule has 0 saturated carbocycles. The van der Waals surface area contributed by atoms with Crippen LogP contribution < -0.4 is 5.32 Å². The molecule has 0 aromatic rings. The Balaban J connectivity index is 2.38. The van der Waals surface area contributed by atoms with E-state index in [0.29, 0.717) is 12.8 Å². The number of ether oxygens (including phenoxy) is 2. The first-order valence-corrected chi connectivity index (χ1v) is 20.7. The van der Waals surface area contributed by atoms with Gasteiger partial charge in [0.15, 0.2) is 6.29 Å². The minimum absolute atomic E-state index is 0.132. The van der Waals surface area contributed by atoms with Crippen LogP contribution in [-0.2, 0) is 14.3 Å². The molecule has 49 heavy (non-hydrogen) atoms. The van der Waals surface area contributed by atoms with Crippen LogP contribution in [0.5, 0.6) is 0 Å². The van der Waals surface area contributed by atoms with Crippen LogP contribution in [0.15, 0.2) is 0 Å². The smallest absolute Gasteiger partial charge is 0.220 e. The van der Waals surface area contributed by atoms with Crippen molar-refractivity contribution in [1.29, 1.82) is 0 Å². The molecule has 9 heteroatoms. The summed E-state index contributed by atoms with van der Waals surface area (Å²) in [6, 6.07) is -0.709. The van der Waals surface area contributed by atoms with Gasteiger partial charge in [-0.05, 0) is 12.8 Å². The number of carbonyl (C=O) groups is 1. The van der Waals surface area contributed by atoms with Crippen LogP contribution in [-0.4, -0.2) is 87.5 Å². The molecule has 1 heterocycles. The summed E-state index contributed by atoms with van der Waals surface area (Å²) in [5, 5.41) is 54.1. The topological polar surface area (TPSA) is 149 Å². The molecule has 1 rings (SSSR count). The molecule has 7 atom stereocenters. The lowest BCUT2D eigenvalue weighted by Gasteiger charge is -2.40. The molecule has 1 fully saturated rings. The number of unbranched alkanes of at least 4 members (excludes halogenated alkanes) is 24. The molecular formula is C40H79NO8. The predicted molar refractivity (Wildman–Crippen MR) is 198 cm³/mol. The minimum atomic E-state index is -1.55. The second-order valence-corrected chi connectivity index (χ2v) is 14.8. The van der Waals surface area contributed by atoms with Gasteiger partial charge in [-0.25, -0.2) is 0 Å². The van der Waals surface area contributed by atoms with Gasteiger partial charge >= 0.3 is 0 Å². The van der Waals surface area contributed by atoms with E-state index < -0.39 is 49.5 Å². The second kappa shape index (κ2) is 31.9. The zero-order valence-corrected chi connectivity index (χ0v) is 31.7. The molecule has 0 bridgehead atoms. The van der Waals surface area contributed by atoms with Crippen LogP contribution in [0.25, 0.3) is 0 Å². The van der Waals surface area contributed by atoms with E-state index in [4.69, 9.17) is 9.47 Å². The first-order valence-electron chi connectivity index (χ1n) is 20.7. The highest BCUT2D eigenvalue weighted by atomic mass is 16.7. The van der Waals surface area contributed by atoms with E-state index in [1.54, 1.807) is 0 Å². The van der Waals surface area contributed by atoms with E-state index >= 15 is 0 Å². The number of hydrogen-bond acceptors (Lipinski definition) is 8. The fourth-order valence-corrected chi connectivity index (χ4v) is 6.81. The van der Waals surface area contributed by atoms with Crippen LogP contribution >= 0.6 is 0 Å². The van der Waals surface area contributed by atoms with Crippen molar-refractivity contribution in [1.82, 2.24) is 5.32 Å². The van der Waals surface area contributed by atoms with Crippen LogP contribution in [0, 0.1) is 0 Å². The monoisotopic (exact) mass is 702 g/mol. The van der Waals surface area contributed by atoms with Crippen LogP contribution in [0.2, 0.25) is 0 Å². The first kappa shape index (κ1) is 46.2. The van der Waals surface area contributed by atoms with Gasteiger partial charge in [0.1, 0.15) is 24.4 Å². The zero-order valence-electron chi connectivity index (χ0n) is 31.7. The van der Waals surface area contributed by atoms with Gasteiger partial charge in [-0.2, -0.15) is 0 Å². The van der Waals surface area contributed by atoms with E-state index in [1.807, 2.05) is 0 Å². The summed E-state index contributed by atoms with van der Waals surface area (Å²) in [7, 11) is 0. The molecule has 0 radical (unpaired) electrons. The Bertz CT molecular complexity index is 741. The van der Waals surface area contributed by atoms with Gasteiger partial charge in [0.2, 0.25) is 5.91 Å². The van der Waals surface area contributed by atoms with Crippen molar-refractivity contribution >= 4 is 5.91 Å². The third kappa shape index (κ3) is 23.4. The Morgan fingerprint density at radius 1 is 0.612 bits per heavy atom. The van der Waals surface area contributed by atoms with Crippen molar-refractivity contribution in [2.24, 2.45) is 0 Å². The molecule has 0 aliphatic carbocycles. The van der Waals surface area contributed by atoms with Crippen molar-refractivity contribution < 1.29 is 39.8 Å². The van der Waals surface area contributed by atoms with E-state index in [9.17, 15) is 30.3 Å². The summed E-state index contributed by atoms with van der Waals surface area (Å²) in [5.74, 6) is -0.143. The van der Waals surface area contributed by atoms with Gasteiger partial charge in [-0.3, -0.25) is 4.79 Å². The van der Waals surface area contributed by atoms with Gasteiger partial charge in [-0.1, -0.05) is 174 Å². The number of hydrogen-bond donors (Lipinski definition) is 6. The Labute approximate surface area is 300 Å². The maximum atomic E-state index is 12.9. The Hall–Kier alpha value is -0.810. The molecule has 6 N–H and O–H groups in total. The molecule has 1 saturated heterocycles. The number of carbonyl (C=O) groups excluding carboxylic acids is 1. The number of aliphatic hydroxyl groups is 5. The fourth-order valence-electron chi connectivity index (χ4n) is 6.81. The first-order chi connectivity index (χ1) is 23.8. The molecule has 9 nitrogen and oxygen atoms in total. The third-order valence-electron chi connectivity index (χ3n) is 10.2. The molecule has 1 aliphatic rings. The maximum absolute atomic E-state index is 12.9. The minimum Gasteiger partial charge on any atom is -0.394 e. The highest BCUT2D eigenvalue weighted by molar-refractivity contribution is 5.76. The van der Waals surface area contributed by atoms with Crippen molar-refractivity contribution in [3.63, 3.8) is 0 Å². The maximum Gasteiger partial charge on any atom is 0.220 e. The average Bonchev–Trinajstić information content (AvgIpc) is 3.10. The average molecular weight is 702 g/mol. The van der Waals surface area contributed by atoms with Gasteiger partial charge in [0.05, 0.1) is 25.4 Å². The fraction of sp³-hybridized carbons (Fsp3) is 0.975. The SMILES string of the molecule is CCCCCCCCCCCCCCCCC(=O)NC(COC1OC(CO)C(O)C(O)C1O)C(O)CCCCCCCCCCCCCC. The molecule has 1 aliphatic heterocycles. The van der Waals surface area contributed by atoms with Gasteiger partial charge in [0, 0.05) is 6.42 Å². The van der Waals surface area contributed by atoms with Crippen molar-refractivity contribution in [2.75, 3.05) is 13.2 Å². The normalized spacial score (nSPS) is 22.3. The molecule has 7 unspecified atom stereocenters. The largest absolute Gasteiger partial charge is 0.394 e. The molecule has 0 aromatic carbocycles. The van der Waals surface area contributed by atoms with Crippen molar-refractivity contribution in [2.45, 2.75) is 236 Å². The predicted octanol–water partition coefficient (Wildman–Crippen LogP) is 7.61. The summed E-state index contributed by atoms with van der Waals surface area (Å²) >= 11 is 0. The van der Waals surface area contributed by atoms with Gasteiger partial charge in [-0.15, -0.1) is 0 Å². The number of aliphatic hydroxyl groups excluding tert-OH is 5.